The highest BCUT2D eigenvalue weighted by Crippen LogP contribution is 2.24. The first-order chi connectivity index (χ1) is 8.33. The maximum atomic E-state index is 8.98. The summed E-state index contributed by atoms with van der Waals surface area (Å²) in [6, 6.07) is 0. The van der Waals surface area contributed by atoms with Crippen molar-refractivity contribution in [2.75, 3.05) is 32.8 Å². The van der Waals surface area contributed by atoms with Crippen molar-refractivity contribution >= 4 is 0 Å². The van der Waals surface area contributed by atoms with Crippen molar-refractivity contribution in [1.82, 2.24) is 10.6 Å². The van der Waals surface area contributed by atoms with E-state index in [2.05, 4.69) is 10.6 Å². The predicted octanol–water partition coefficient (Wildman–Crippen LogP) is 0.633. The van der Waals surface area contributed by atoms with Crippen LogP contribution in [0.2, 0.25) is 0 Å². The van der Waals surface area contributed by atoms with Gasteiger partial charge in [-0.05, 0) is 64.6 Å². The molecule has 0 saturated carbocycles. The van der Waals surface area contributed by atoms with Crippen molar-refractivity contribution < 1.29 is 10.2 Å². The van der Waals surface area contributed by atoms with Gasteiger partial charge in [0.05, 0.1) is 0 Å². The van der Waals surface area contributed by atoms with Crippen molar-refractivity contribution in [2.24, 2.45) is 0 Å². The van der Waals surface area contributed by atoms with E-state index in [4.69, 9.17) is 10.2 Å². The average Bonchev–Trinajstić information content (AvgIpc) is 2.37. The van der Waals surface area contributed by atoms with Gasteiger partial charge in [0.15, 0.2) is 0 Å². The number of unbranched alkanes of at least 4 members (excludes halogenated alkanes) is 2. The van der Waals surface area contributed by atoms with Gasteiger partial charge in [-0.1, -0.05) is 0 Å². The number of hydrogen-bond donors (Lipinski definition) is 4. The molecule has 0 spiro atoms. The Kier molecular flexibility index (Phi) is 7.77. The second kappa shape index (κ2) is 8.86. The van der Waals surface area contributed by atoms with Crippen LogP contribution < -0.4 is 10.6 Å². The summed E-state index contributed by atoms with van der Waals surface area (Å²) in [5.41, 5.74) is 0.243. The lowest BCUT2D eigenvalue weighted by Gasteiger charge is -2.39. The molecular formula is C13H28N2O2. The molecule has 17 heavy (non-hydrogen) atoms. The van der Waals surface area contributed by atoms with Gasteiger partial charge in [0.2, 0.25) is 0 Å². The third-order valence-electron chi connectivity index (χ3n) is 3.71. The van der Waals surface area contributed by atoms with Gasteiger partial charge in [0, 0.05) is 18.8 Å². The molecule has 1 aliphatic rings. The van der Waals surface area contributed by atoms with E-state index in [0.29, 0.717) is 13.2 Å². The van der Waals surface area contributed by atoms with Gasteiger partial charge in [-0.3, -0.25) is 0 Å². The number of rotatable bonds is 9. The Hall–Kier alpha value is -0.160. The molecule has 0 unspecified atom stereocenters. The number of aliphatic hydroxyl groups excluding tert-OH is 2. The quantitative estimate of drug-likeness (QED) is 0.449. The second-order valence-electron chi connectivity index (χ2n) is 5.07. The van der Waals surface area contributed by atoms with Crippen molar-refractivity contribution in [3.8, 4) is 0 Å². The first-order valence-corrected chi connectivity index (χ1v) is 7.00. The second-order valence-corrected chi connectivity index (χ2v) is 5.07. The minimum atomic E-state index is 0.243. The van der Waals surface area contributed by atoms with E-state index in [1.807, 2.05) is 0 Å². The summed E-state index contributed by atoms with van der Waals surface area (Å²) in [5, 5.41) is 24.8. The Bertz CT molecular complexity index is 182. The maximum Gasteiger partial charge on any atom is 0.0431 e. The zero-order valence-corrected chi connectivity index (χ0v) is 10.9. The lowest BCUT2D eigenvalue weighted by Crippen LogP contribution is -2.52. The number of hydrogen-bond acceptors (Lipinski definition) is 4. The largest absolute Gasteiger partial charge is 0.396 e. The molecule has 0 radical (unpaired) electrons. The number of piperidine rings is 1. The molecule has 1 aliphatic heterocycles. The molecule has 1 fully saturated rings. The molecule has 4 nitrogen and oxygen atoms in total. The smallest absolute Gasteiger partial charge is 0.0431 e. The highest BCUT2D eigenvalue weighted by atomic mass is 16.3. The van der Waals surface area contributed by atoms with Crippen LogP contribution >= 0.6 is 0 Å². The van der Waals surface area contributed by atoms with Gasteiger partial charge in [0.1, 0.15) is 0 Å². The standard InChI is InChI=1S/C13H28N2O2/c16-11-3-1-2-8-15-13(5-4-12-17)6-9-14-10-7-13/h14-17H,1-12H2. The molecular weight excluding hydrogens is 216 g/mol. The molecule has 102 valence electrons. The van der Waals surface area contributed by atoms with Crippen LogP contribution in [0.25, 0.3) is 0 Å². The maximum absolute atomic E-state index is 8.98. The van der Waals surface area contributed by atoms with Crippen LogP contribution in [-0.2, 0) is 0 Å². The summed E-state index contributed by atoms with van der Waals surface area (Å²) in [5.74, 6) is 0. The number of aliphatic hydroxyl groups is 2. The highest BCUT2D eigenvalue weighted by Gasteiger charge is 2.30. The van der Waals surface area contributed by atoms with E-state index in [9.17, 15) is 0 Å². The summed E-state index contributed by atoms with van der Waals surface area (Å²) in [4.78, 5) is 0. The zero-order chi connectivity index (χ0) is 12.4. The van der Waals surface area contributed by atoms with Crippen LogP contribution in [0.4, 0.5) is 0 Å². The van der Waals surface area contributed by atoms with Crippen LogP contribution in [-0.4, -0.2) is 48.6 Å². The van der Waals surface area contributed by atoms with Crippen LogP contribution in [0, 0.1) is 0 Å². The monoisotopic (exact) mass is 244 g/mol. The first-order valence-electron chi connectivity index (χ1n) is 7.00. The molecule has 0 aromatic rings. The Balaban J connectivity index is 2.24. The third kappa shape index (κ3) is 5.82. The predicted molar refractivity (Wildman–Crippen MR) is 70.1 cm³/mol. The van der Waals surface area contributed by atoms with Gasteiger partial charge < -0.3 is 20.8 Å². The van der Waals surface area contributed by atoms with E-state index >= 15 is 0 Å². The summed E-state index contributed by atoms with van der Waals surface area (Å²) in [6.45, 7) is 3.79. The van der Waals surface area contributed by atoms with E-state index in [1.165, 1.54) is 0 Å². The van der Waals surface area contributed by atoms with Crippen molar-refractivity contribution in [1.29, 1.82) is 0 Å². The van der Waals surface area contributed by atoms with Gasteiger partial charge in [-0.25, -0.2) is 0 Å². The lowest BCUT2D eigenvalue weighted by atomic mass is 9.84. The summed E-state index contributed by atoms with van der Waals surface area (Å²) >= 11 is 0. The van der Waals surface area contributed by atoms with Crippen LogP contribution in [0.15, 0.2) is 0 Å². The molecule has 4 N–H and O–H groups in total. The molecule has 1 saturated heterocycles. The van der Waals surface area contributed by atoms with Gasteiger partial charge in [-0.2, -0.15) is 0 Å². The van der Waals surface area contributed by atoms with Crippen molar-refractivity contribution in [3.05, 3.63) is 0 Å². The Morgan fingerprint density at radius 3 is 2.29 bits per heavy atom. The molecule has 0 atom stereocenters. The molecule has 0 amide bonds. The first kappa shape index (κ1) is 14.9. The van der Waals surface area contributed by atoms with E-state index < -0.39 is 0 Å². The van der Waals surface area contributed by atoms with Crippen molar-refractivity contribution in [3.63, 3.8) is 0 Å². The average molecular weight is 244 g/mol. The van der Waals surface area contributed by atoms with Gasteiger partial charge in [-0.15, -0.1) is 0 Å². The van der Waals surface area contributed by atoms with Gasteiger partial charge in [0.25, 0.3) is 0 Å². The molecule has 0 aromatic heterocycles. The Morgan fingerprint density at radius 2 is 1.65 bits per heavy atom. The summed E-state index contributed by atoms with van der Waals surface area (Å²) in [6.07, 6.45) is 7.42. The molecule has 4 heteroatoms. The summed E-state index contributed by atoms with van der Waals surface area (Å²) in [7, 11) is 0. The zero-order valence-electron chi connectivity index (χ0n) is 10.9. The molecule has 0 aliphatic carbocycles. The fraction of sp³-hybridized carbons (Fsp3) is 1.00. The lowest BCUT2D eigenvalue weighted by molar-refractivity contribution is 0.195. The molecule has 0 aromatic carbocycles. The molecule has 1 heterocycles. The Labute approximate surface area is 105 Å². The van der Waals surface area contributed by atoms with Crippen LogP contribution in [0.3, 0.4) is 0 Å². The molecule has 0 bridgehead atoms. The van der Waals surface area contributed by atoms with Crippen molar-refractivity contribution in [2.45, 2.75) is 50.5 Å². The SMILES string of the molecule is OCCCCCNC1(CCCO)CCNCC1. The minimum absolute atomic E-state index is 0.243. The topological polar surface area (TPSA) is 64.5 Å². The van der Waals surface area contributed by atoms with Crippen LogP contribution in [0.1, 0.15) is 44.9 Å². The van der Waals surface area contributed by atoms with E-state index in [0.717, 1.165) is 64.6 Å². The van der Waals surface area contributed by atoms with E-state index in [-0.39, 0.29) is 5.54 Å². The minimum Gasteiger partial charge on any atom is -0.396 e. The Morgan fingerprint density at radius 1 is 0.941 bits per heavy atom. The van der Waals surface area contributed by atoms with E-state index in [1.54, 1.807) is 0 Å². The molecule has 1 rings (SSSR count). The fourth-order valence-electron chi connectivity index (χ4n) is 2.61. The highest BCUT2D eigenvalue weighted by molar-refractivity contribution is 4.92. The summed E-state index contributed by atoms with van der Waals surface area (Å²) < 4.78 is 0. The van der Waals surface area contributed by atoms with Crippen LogP contribution in [0.5, 0.6) is 0 Å². The third-order valence-corrected chi connectivity index (χ3v) is 3.71. The normalized spacial score (nSPS) is 19.4. The number of nitrogens with one attached hydrogen (secondary N) is 2. The fourth-order valence-corrected chi connectivity index (χ4v) is 2.61. The van der Waals surface area contributed by atoms with Gasteiger partial charge >= 0.3 is 0 Å².